The Labute approximate surface area is 160 Å². The quantitative estimate of drug-likeness (QED) is 0.586. The molecule has 0 bridgehead atoms. The Morgan fingerprint density at radius 2 is 2.08 bits per heavy atom. The van der Waals surface area contributed by atoms with E-state index in [1.807, 2.05) is 6.07 Å². The maximum atomic E-state index is 12.0. The van der Waals surface area contributed by atoms with Crippen molar-refractivity contribution in [2.75, 3.05) is 11.9 Å². The van der Waals surface area contributed by atoms with E-state index in [4.69, 9.17) is 4.74 Å². The summed E-state index contributed by atoms with van der Waals surface area (Å²) in [7, 11) is 0. The number of hydrogen-bond donors (Lipinski definition) is 1. The van der Waals surface area contributed by atoms with Crippen molar-refractivity contribution in [3.63, 3.8) is 0 Å². The first-order chi connectivity index (χ1) is 12.5. The van der Waals surface area contributed by atoms with Crippen molar-refractivity contribution in [1.82, 2.24) is 10.2 Å². The van der Waals surface area contributed by atoms with Gasteiger partial charge >= 0.3 is 0 Å². The van der Waals surface area contributed by atoms with E-state index in [-0.39, 0.29) is 5.91 Å². The smallest absolute Gasteiger partial charge is 0.226 e. The number of benzene rings is 1. The molecule has 6 heteroatoms. The second-order valence-electron chi connectivity index (χ2n) is 6.78. The summed E-state index contributed by atoms with van der Waals surface area (Å²) < 4.78 is 5.77. The van der Waals surface area contributed by atoms with Crippen LogP contribution in [0.15, 0.2) is 18.2 Å². The minimum atomic E-state index is -0.0434. The fraction of sp³-hybridized carbons (Fsp3) is 0.550. The Morgan fingerprint density at radius 1 is 1.27 bits per heavy atom. The van der Waals surface area contributed by atoms with E-state index in [9.17, 15) is 4.79 Å². The monoisotopic (exact) mass is 375 g/mol. The van der Waals surface area contributed by atoms with E-state index in [1.165, 1.54) is 22.5 Å². The van der Waals surface area contributed by atoms with E-state index >= 15 is 0 Å². The van der Waals surface area contributed by atoms with Crippen molar-refractivity contribution in [3.05, 3.63) is 34.3 Å². The minimum Gasteiger partial charge on any atom is -0.494 e. The van der Waals surface area contributed by atoms with E-state index in [0.29, 0.717) is 30.5 Å². The lowest BCUT2D eigenvalue weighted by Gasteiger charge is -2.12. The Kier molecular flexibility index (Phi) is 8.04. The van der Waals surface area contributed by atoms with E-state index < -0.39 is 0 Å². The maximum absolute atomic E-state index is 12.0. The zero-order valence-corrected chi connectivity index (χ0v) is 17.0. The van der Waals surface area contributed by atoms with Gasteiger partial charge in [0.2, 0.25) is 11.0 Å². The van der Waals surface area contributed by atoms with Gasteiger partial charge < -0.3 is 10.1 Å². The summed E-state index contributed by atoms with van der Waals surface area (Å²) >= 11 is 1.46. The summed E-state index contributed by atoms with van der Waals surface area (Å²) in [5.74, 6) is 1.32. The molecule has 1 aromatic carbocycles. The molecule has 0 fully saturated rings. The zero-order valence-electron chi connectivity index (χ0n) is 16.2. The highest BCUT2D eigenvalue weighted by atomic mass is 32.1. The molecule has 0 radical (unpaired) electrons. The number of carbonyl (C=O) groups excluding carboxylic acids is 1. The van der Waals surface area contributed by atoms with Crippen molar-refractivity contribution in [2.45, 2.75) is 65.7 Å². The van der Waals surface area contributed by atoms with Crippen LogP contribution in [0.3, 0.4) is 0 Å². The van der Waals surface area contributed by atoms with Gasteiger partial charge in [0.15, 0.2) is 0 Å². The Bertz CT molecular complexity index is 713. The standard InChI is InChI=1S/C20H29N3O2S/c1-5-6-9-19-22-23-20(26-19)21-18(24)8-7-12-25-16-10-11-17(14(2)3)15(4)13-16/h10-11,13-14H,5-9,12H2,1-4H3,(H,21,23,24). The molecule has 1 amide bonds. The lowest BCUT2D eigenvalue weighted by atomic mass is 9.98. The zero-order chi connectivity index (χ0) is 18.9. The summed E-state index contributed by atoms with van der Waals surface area (Å²) in [6.45, 7) is 9.14. The highest BCUT2D eigenvalue weighted by molar-refractivity contribution is 7.15. The fourth-order valence-electron chi connectivity index (χ4n) is 2.72. The topological polar surface area (TPSA) is 64.1 Å². The van der Waals surface area contributed by atoms with E-state index in [2.05, 4.69) is 55.3 Å². The Morgan fingerprint density at radius 3 is 2.77 bits per heavy atom. The number of rotatable bonds is 10. The molecule has 0 saturated heterocycles. The van der Waals surface area contributed by atoms with Gasteiger partial charge in [0.1, 0.15) is 10.8 Å². The number of hydrogen-bond acceptors (Lipinski definition) is 5. The van der Waals surface area contributed by atoms with Crippen LogP contribution in [0.25, 0.3) is 0 Å². The van der Waals surface area contributed by atoms with Crippen LogP contribution < -0.4 is 10.1 Å². The fourth-order valence-corrected chi connectivity index (χ4v) is 3.52. The molecule has 2 rings (SSSR count). The molecule has 1 aromatic heterocycles. The van der Waals surface area contributed by atoms with Gasteiger partial charge in [0, 0.05) is 12.8 Å². The van der Waals surface area contributed by atoms with Crippen LogP contribution in [-0.4, -0.2) is 22.7 Å². The summed E-state index contributed by atoms with van der Waals surface area (Å²) in [5, 5.41) is 12.5. The van der Waals surface area contributed by atoms with Gasteiger partial charge in [-0.05, 0) is 48.9 Å². The molecule has 0 atom stereocenters. The number of carbonyl (C=O) groups is 1. The SMILES string of the molecule is CCCCc1nnc(NC(=O)CCCOc2ccc(C(C)C)c(C)c2)s1. The van der Waals surface area contributed by atoms with Crippen molar-refractivity contribution >= 4 is 22.4 Å². The van der Waals surface area contributed by atoms with E-state index in [1.54, 1.807) is 0 Å². The normalized spacial score (nSPS) is 11.0. The molecule has 2 aromatic rings. The molecule has 1 heterocycles. The highest BCUT2D eigenvalue weighted by Gasteiger charge is 2.09. The van der Waals surface area contributed by atoms with Gasteiger partial charge in [-0.2, -0.15) is 0 Å². The molecule has 26 heavy (non-hydrogen) atoms. The number of nitrogens with zero attached hydrogens (tertiary/aromatic N) is 2. The van der Waals surface area contributed by atoms with Crippen LogP contribution in [-0.2, 0) is 11.2 Å². The van der Waals surface area contributed by atoms with Gasteiger partial charge in [-0.15, -0.1) is 10.2 Å². The summed E-state index contributed by atoms with van der Waals surface area (Å²) in [6.07, 6.45) is 4.22. The van der Waals surface area contributed by atoms with Crippen LogP contribution >= 0.6 is 11.3 Å². The molecule has 0 aliphatic carbocycles. The van der Waals surface area contributed by atoms with E-state index in [0.717, 1.165) is 30.0 Å². The molecule has 0 aliphatic heterocycles. The second kappa shape index (κ2) is 10.3. The van der Waals surface area contributed by atoms with Gasteiger partial charge in [-0.3, -0.25) is 4.79 Å². The van der Waals surface area contributed by atoms with Gasteiger partial charge in [-0.1, -0.05) is 44.6 Å². The largest absolute Gasteiger partial charge is 0.494 e. The molecular formula is C20H29N3O2S. The minimum absolute atomic E-state index is 0.0434. The van der Waals surface area contributed by atoms with Crippen LogP contribution in [0.5, 0.6) is 5.75 Å². The highest BCUT2D eigenvalue weighted by Crippen LogP contribution is 2.23. The molecule has 0 aliphatic rings. The number of anilines is 1. The van der Waals surface area contributed by atoms with Gasteiger partial charge in [-0.25, -0.2) is 0 Å². The molecule has 1 N–H and O–H groups in total. The first-order valence-corrected chi connectivity index (χ1v) is 10.2. The van der Waals surface area contributed by atoms with Gasteiger partial charge in [0.25, 0.3) is 0 Å². The Hall–Kier alpha value is -1.95. The van der Waals surface area contributed by atoms with Crippen molar-refractivity contribution in [3.8, 4) is 5.75 Å². The molecule has 5 nitrogen and oxygen atoms in total. The summed E-state index contributed by atoms with van der Waals surface area (Å²) in [4.78, 5) is 12.0. The van der Waals surface area contributed by atoms with Crippen LogP contribution in [0.1, 0.15) is 68.5 Å². The van der Waals surface area contributed by atoms with Crippen LogP contribution in [0.2, 0.25) is 0 Å². The first kappa shape index (κ1) is 20.4. The van der Waals surface area contributed by atoms with Crippen molar-refractivity contribution in [2.24, 2.45) is 0 Å². The molecule has 142 valence electrons. The maximum Gasteiger partial charge on any atom is 0.226 e. The number of nitrogens with one attached hydrogen (secondary N) is 1. The second-order valence-corrected chi connectivity index (χ2v) is 7.84. The lowest BCUT2D eigenvalue weighted by Crippen LogP contribution is -2.12. The average molecular weight is 376 g/mol. The number of aromatic nitrogens is 2. The number of ether oxygens (including phenoxy) is 1. The molecule has 0 spiro atoms. The molecule has 0 unspecified atom stereocenters. The third kappa shape index (κ3) is 6.41. The Balaban J connectivity index is 1.70. The van der Waals surface area contributed by atoms with Crippen molar-refractivity contribution in [1.29, 1.82) is 0 Å². The summed E-state index contributed by atoms with van der Waals surface area (Å²) in [5.41, 5.74) is 2.58. The molecule has 0 saturated carbocycles. The summed E-state index contributed by atoms with van der Waals surface area (Å²) in [6, 6.07) is 6.18. The number of amides is 1. The third-order valence-corrected chi connectivity index (χ3v) is 5.04. The van der Waals surface area contributed by atoms with Crippen molar-refractivity contribution < 1.29 is 9.53 Å². The van der Waals surface area contributed by atoms with Gasteiger partial charge in [0.05, 0.1) is 6.61 Å². The predicted octanol–water partition coefficient (Wildman–Crippen LogP) is 5.11. The third-order valence-electron chi connectivity index (χ3n) is 4.14. The first-order valence-electron chi connectivity index (χ1n) is 9.35. The van der Waals surface area contributed by atoms with Crippen LogP contribution in [0, 0.1) is 6.92 Å². The lowest BCUT2D eigenvalue weighted by molar-refractivity contribution is -0.116. The number of aryl methyl sites for hydroxylation is 2. The molecular weight excluding hydrogens is 346 g/mol. The predicted molar refractivity (Wildman–Crippen MR) is 107 cm³/mol. The average Bonchev–Trinajstić information content (AvgIpc) is 3.04. The number of unbranched alkanes of at least 4 members (excludes halogenated alkanes) is 1. The van der Waals surface area contributed by atoms with Crippen LogP contribution in [0.4, 0.5) is 5.13 Å².